The third-order valence-electron chi connectivity index (χ3n) is 2.63. The molecular weight excluding hydrogens is 248 g/mol. The first kappa shape index (κ1) is 12.6. The molecule has 1 aromatic heterocycles. The van der Waals surface area contributed by atoms with Gasteiger partial charge in [0, 0.05) is 5.69 Å². The maximum atomic E-state index is 10.8. The molecule has 5 heteroatoms. The van der Waals surface area contributed by atoms with Gasteiger partial charge in [-0.05, 0) is 31.9 Å². The molecule has 0 saturated carbocycles. The number of nitrogens with one attached hydrogen (secondary N) is 1. The number of carboxylic acids is 1. The highest BCUT2D eigenvalue weighted by molar-refractivity contribution is 7.17. The van der Waals surface area contributed by atoms with Gasteiger partial charge in [-0.1, -0.05) is 29.0 Å². The fourth-order valence-electron chi connectivity index (χ4n) is 1.91. The predicted octanol–water partition coefficient (Wildman–Crippen LogP) is 3.51. The number of carboxylic acid groups (broad SMARTS) is 1. The van der Waals surface area contributed by atoms with Gasteiger partial charge < -0.3 is 10.4 Å². The molecule has 94 valence electrons. The highest BCUT2D eigenvalue weighted by Gasteiger charge is 2.10. The van der Waals surface area contributed by atoms with Crippen LogP contribution in [0.25, 0.3) is 0 Å². The van der Waals surface area contributed by atoms with E-state index in [1.165, 1.54) is 11.8 Å². The Hall–Kier alpha value is -1.88. The van der Waals surface area contributed by atoms with E-state index in [1.807, 2.05) is 13.8 Å². The highest BCUT2D eigenvalue weighted by Crippen LogP contribution is 2.28. The summed E-state index contributed by atoms with van der Waals surface area (Å²) in [6.45, 7) is 6.10. The van der Waals surface area contributed by atoms with Gasteiger partial charge in [0.25, 0.3) is 0 Å². The van der Waals surface area contributed by atoms with Crippen molar-refractivity contribution in [3.63, 3.8) is 0 Å². The van der Waals surface area contributed by atoms with Crippen molar-refractivity contribution in [1.29, 1.82) is 0 Å². The molecule has 0 atom stereocenters. The monoisotopic (exact) mass is 262 g/mol. The average Bonchev–Trinajstić information content (AvgIpc) is 2.71. The Bertz CT molecular complexity index is 582. The molecule has 0 aliphatic carbocycles. The lowest BCUT2D eigenvalue weighted by atomic mass is 10.1. The lowest BCUT2D eigenvalue weighted by Crippen LogP contribution is -1.96. The Labute approximate surface area is 109 Å². The lowest BCUT2D eigenvalue weighted by Gasteiger charge is -2.11. The number of anilines is 2. The van der Waals surface area contributed by atoms with E-state index < -0.39 is 5.97 Å². The second-order valence-corrected chi connectivity index (χ2v) is 5.26. The van der Waals surface area contributed by atoms with E-state index in [9.17, 15) is 4.79 Å². The zero-order chi connectivity index (χ0) is 13.3. The Morgan fingerprint density at radius 2 is 1.89 bits per heavy atom. The molecule has 1 heterocycles. The number of thiazole rings is 1. The minimum atomic E-state index is -0.946. The van der Waals surface area contributed by atoms with E-state index >= 15 is 0 Å². The Morgan fingerprint density at radius 3 is 2.39 bits per heavy atom. The van der Waals surface area contributed by atoms with E-state index in [2.05, 4.69) is 29.4 Å². The maximum Gasteiger partial charge on any atom is 0.347 e. The Kier molecular flexibility index (Phi) is 3.34. The number of nitrogens with zero attached hydrogens (tertiary/aromatic N) is 1. The minimum Gasteiger partial charge on any atom is -0.477 e. The van der Waals surface area contributed by atoms with Crippen molar-refractivity contribution in [2.45, 2.75) is 20.8 Å². The smallest absolute Gasteiger partial charge is 0.347 e. The van der Waals surface area contributed by atoms with Crippen molar-refractivity contribution >= 4 is 28.1 Å². The lowest BCUT2D eigenvalue weighted by molar-refractivity contribution is 0.0702. The number of hydrogen-bond donors (Lipinski definition) is 2. The van der Waals surface area contributed by atoms with Crippen LogP contribution < -0.4 is 5.32 Å². The van der Waals surface area contributed by atoms with Crippen LogP contribution in [-0.2, 0) is 0 Å². The summed E-state index contributed by atoms with van der Waals surface area (Å²) in [5.74, 6) is -0.946. The molecule has 2 aromatic rings. The van der Waals surface area contributed by atoms with Crippen LogP contribution in [0, 0.1) is 20.8 Å². The third-order valence-corrected chi connectivity index (χ3v) is 3.53. The van der Waals surface area contributed by atoms with Gasteiger partial charge in [0.1, 0.15) is 4.88 Å². The van der Waals surface area contributed by atoms with Gasteiger partial charge >= 0.3 is 5.97 Å². The molecule has 0 saturated heterocycles. The van der Waals surface area contributed by atoms with Crippen molar-refractivity contribution in [3.8, 4) is 0 Å². The SMILES string of the molecule is Cc1cc(C)c(Nc2ncc(C(=O)O)s2)c(C)c1. The summed E-state index contributed by atoms with van der Waals surface area (Å²) in [7, 11) is 0. The van der Waals surface area contributed by atoms with Crippen molar-refractivity contribution in [3.05, 3.63) is 39.9 Å². The molecule has 2 rings (SSSR count). The van der Waals surface area contributed by atoms with Gasteiger partial charge in [-0.2, -0.15) is 0 Å². The second kappa shape index (κ2) is 4.78. The summed E-state index contributed by atoms with van der Waals surface area (Å²) in [4.78, 5) is 15.1. The van der Waals surface area contributed by atoms with Crippen molar-refractivity contribution in [2.75, 3.05) is 5.32 Å². The van der Waals surface area contributed by atoms with E-state index in [0.717, 1.165) is 28.2 Å². The zero-order valence-electron chi connectivity index (χ0n) is 10.4. The van der Waals surface area contributed by atoms with Gasteiger partial charge in [0.2, 0.25) is 0 Å². The molecular formula is C13H14N2O2S. The normalized spacial score (nSPS) is 10.4. The molecule has 2 N–H and O–H groups in total. The average molecular weight is 262 g/mol. The molecule has 0 unspecified atom stereocenters. The van der Waals surface area contributed by atoms with E-state index in [4.69, 9.17) is 5.11 Å². The molecule has 0 fully saturated rings. The number of benzene rings is 1. The van der Waals surface area contributed by atoms with Crippen LogP contribution in [0.1, 0.15) is 26.4 Å². The number of hydrogen-bond acceptors (Lipinski definition) is 4. The zero-order valence-corrected chi connectivity index (χ0v) is 11.3. The standard InChI is InChI=1S/C13H14N2O2S/c1-7-4-8(2)11(9(3)5-7)15-13-14-6-10(18-13)12(16)17/h4-6H,1-3H3,(H,14,15)(H,16,17). The van der Waals surface area contributed by atoms with Gasteiger partial charge in [0.05, 0.1) is 6.20 Å². The largest absolute Gasteiger partial charge is 0.477 e. The molecule has 18 heavy (non-hydrogen) atoms. The number of aryl methyl sites for hydroxylation is 3. The van der Waals surface area contributed by atoms with Crippen LogP contribution in [0.5, 0.6) is 0 Å². The van der Waals surface area contributed by atoms with Crippen LogP contribution >= 0.6 is 11.3 Å². The van der Waals surface area contributed by atoms with Gasteiger partial charge in [-0.3, -0.25) is 0 Å². The highest BCUT2D eigenvalue weighted by atomic mass is 32.1. The number of aromatic nitrogens is 1. The maximum absolute atomic E-state index is 10.8. The topological polar surface area (TPSA) is 62.2 Å². The molecule has 0 bridgehead atoms. The first-order valence-electron chi connectivity index (χ1n) is 5.51. The molecule has 0 aliphatic rings. The number of carbonyl (C=O) groups is 1. The third kappa shape index (κ3) is 2.51. The van der Waals surface area contributed by atoms with Gasteiger partial charge in [-0.15, -0.1) is 0 Å². The Morgan fingerprint density at radius 1 is 1.28 bits per heavy atom. The van der Waals surface area contributed by atoms with Crippen LogP contribution in [0.4, 0.5) is 10.8 Å². The van der Waals surface area contributed by atoms with E-state index in [0.29, 0.717) is 5.13 Å². The van der Waals surface area contributed by atoms with Crippen molar-refractivity contribution in [2.24, 2.45) is 0 Å². The Balaban J connectivity index is 2.31. The summed E-state index contributed by atoms with van der Waals surface area (Å²) in [5.41, 5.74) is 4.45. The quantitative estimate of drug-likeness (QED) is 0.888. The van der Waals surface area contributed by atoms with Crippen LogP contribution in [-0.4, -0.2) is 16.1 Å². The molecule has 0 spiro atoms. The van der Waals surface area contributed by atoms with Gasteiger partial charge in [0.15, 0.2) is 5.13 Å². The summed E-state index contributed by atoms with van der Waals surface area (Å²) in [5, 5.41) is 12.6. The molecule has 0 amide bonds. The molecule has 0 radical (unpaired) electrons. The van der Waals surface area contributed by atoms with Gasteiger partial charge in [-0.25, -0.2) is 9.78 Å². The summed E-state index contributed by atoms with van der Waals surface area (Å²) >= 11 is 1.14. The van der Waals surface area contributed by atoms with E-state index in [1.54, 1.807) is 0 Å². The summed E-state index contributed by atoms with van der Waals surface area (Å²) in [6, 6.07) is 4.17. The fraction of sp³-hybridized carbons (Fsp3) is 0.231. The molecule has 4 nitrogen and oxygen atoms in total. The first-order valence-corrected chi connectivity index (χ1v) is 6.33. The van der Waals surface area contributed by atoms with Crippen molar-refractivity contribution in [1.82, 2.24) is 4.98 Å². The number of rotatable bonds is 3. The molecule has 0 aliphatic heterocycles. The van der Waals surface area contributed by atoms with Crippen LogP contribution in [0.2, 0.25) is 0 Å². The fourth-order valence-corrected chi connectivity index (χ4v) is 2.57. The number of aromatic carboxylic acids is 1. The predicted molar refractivity (Wildman–Crippen MR) is 73.0 cm³/mol. The first-order chi connectivity index (χ1) is 8.47. The second-order valence-electron chi connectivity index (χ2n) is 4.23. The minimum absolute atomic E-state index is 0.236. The summed E-state index contributed by atoms with van der Waals surface area (Å²) in [6.07, 6.45) is 1.37. The van der Waals surface area contributed by atoms with Crippen LogP contribution in [0.3, 0.4) is 0 Å². The van der Waals surface area contributed by atoms with E-state index in [-0.39, 0.29) is 4.88 Å². The molecule has 1 aromatic carbocycles. The summed E-state index contributed by atoms with van der Waals surface area (Å²) < 4.78 is 0. The van der Waals surface area contributed by atoms with Crippen LogP contribution in [0.15, 0.2) is 18.3 Å². The van der Waals surface area contributed by atoms with Crippen molar-refractivity contribution < 1.29 is 9.90 Å².